The summed E-state index contributed by atoms with van der Waals surface area (Å²) in [6.07, 6.45) is 5.13. The molecular formula is C20H16ClN7. The van der Waals surface area contributed by atoms with Crippen molar-refractivity contribution < 1.29 is 0 Å². The molecule has 0 atom stereocenters. The molecule has 3 aromatic heterocycles. The Hall–Kier alpha value is -3.63. The molecule has 28 heavy (non-hydrogen) atoms. The first-order valence-electron chi connectivity index (χ1n) is 8.67. The van der Waals surface area contributed by atoms with Crippen LogP contribution >= 0.6 is 11.6 Å². The summed E-state index contributed by atoms with van der Waals surface area (Å²) >= 11 is 6.33. The molecule has 0 aliphatic carbocycles. The van der Waals surface area contributed by atoms with Crippen LogP contribution in [-0.4, -0.2) is 32.4 Å². The van der Waals surface area contributed by atoms with E-state index in [0.29, 0.717) is 35.4 Å². The number of fused-ring (bicyclic) bond motifs is 1. The minimum atomic E-state index is 0.534. The Morgan fingerprint density at radius 2 is 1.93 bits per heavy atom. The van der Waals surface area contributed by atoms with Crippen LogP contribution in [-0.2, 0) is 0 Å². The van der Waals surface area contributed by atoms with Gasteiger partial charge < -0.3 is 10.6 Å². The summed E-state index contributed by atoms with van der Waals surface area (Å²) in [4.78, 5) is 13.3. The molecular weight excluding hydrogens is 374 g/mol. The first-order valence-corrected chi connectivity index (χ1v) is 9.05. The fourth-order valence-electron chi connectivity index (χ4n) is 2.78. The van der Waals surface area contributed by atoms with Crippen molar-refractivity contribution in [3.63, 3.8) is 0 Å². The molecule has 0 spiro atoms. The summed E-state index contributed by atoms with van der Waals surface area (Å²) in [7, 11) is 0. The third-order valence-electron chi connectivity index (χ3n) is 4.15. The van der Waals surface area contributed by atoms with Crippen LogP contribution < -0.4 is 10.6 Å². The summed E-state index contributed by atoms with van der Waals surface area (Å²) in [5.41, 5.74) is 2.94. The van der Waals surface area contributed by atoms with Gasteiger partial charge in [0.1, 0.15) is 17.5 Å². The second kappa shape index (κ2) is 7.94. The minimum absolute atomic E-state index is 0.534. The Labute approximate surface area is 166 Å². The summed E-state index contributed by atoms with van der Waals surface area (Å²) in [6.45, 7) is 1.25. The Bertz CT molecular complexity index is 1150. The highest BCUT2D eigenvalue weighted by Gasteiger charge is 2.10. The fourth-order valence-corrected chi connectivity index (χ4v) is 3.02. The highest BCUT2D eigenvalue weighted by molar-refractivity contribution is 6.33. The maximum atomic E-state index is 8.82. The van der Waals surface area contributed by atoms with E-state index in [4.69, 9.17) is 21.8 Å². The number of anilines is 2. The monoisotopic (exact) mass is 389 g/mol. The highest BCUT2D eigenvalue weighted by Crippen LogP contribution is 2.27. The van der Waals surface area contributed by atoms with E-state index in [0.717, 1.165) is 16.9 Å². The summed E-state index contributed by atoms with van der Waals surface area (Å²) in [6, 6.07) is 15.1. The lowest BCUT2D eigenvalue weighted by Crippen LogP contribution is -2.16. The zero-order chi connectivity index (χ0) is 19.3. The third-order valence-corrected chi connectivity index (χ3v) is 4.48. The summed E-state index contributed by atoms with van der Waals surface area (Å²) in [5, 5.41) is 16.0. The van der Waals surface area contributed by atoms with E-state index in [1.807, 2.05) is 40.9 Å². The van der Waals surface area contributed by atoms with Gasteiger partial charge in [0.2, 0.25) is 5.95 Å². The van der Waals surface area contributed by atoms with Crippen molar-refractivity contribution in [1.29, 1.82) is 5.26 Å². The molecule has 8 heteroatoms. The average Bonchev–Trinajstić information content (AvgIpc) is 3.21. The number of hydrogen-bond donors (Lipinski definition) is 2. The van der Waals surface area contributed by atoms with Crippen molar-refractivity contribution in [3.05, 3.63) is 71.6 Å². The predicted molar refractivity (Wildman–Crippen MR) is 109 cm³/mol. The van der Waals surface area contributed by atoms with Crippen LogP contribution in [0.15, 0.2) is 61.1 Å². The molecule has 0 unspecified atom stereocenters. The molecule has 0 fully saturated rings. The topological polar surface area (TPSA) is 90.9 Å². The maximum absolute atomic E-state index is 8.82. The van der Waals surface area contributed by atoms with Gasteiger partial charge in [-0.05, 0) is 18.2 Å². The minimum Gasteiger partial charge on any atom is -0.368 e. The third kappa shape index (κ3) is 3.72. The Morgan fingerprint density at radius 3 is 2.71 bits per heavy atom. The zero-order valence-electron chi connectivity index (χ0n) is 14.8. The number of benzene rings is 1. The second-order valence-corrected chi connectivity index (χ2v) is 6.40. The van der Waals surface area contributed by atoms with Gasteiger partial charge in [-0.3, -0.25) is 4.40 Å². The molecule has 7 nitrogen and oxygen atoms in total. The molecule has 138 valence electrons. The molecule has 0 saturated carbocycles. The van der Waals surface area contributed by atoms with E-state index >= 15 is 0 Å². The molecule has 2 N–H and O–H groups in total. The number of nitrogens with zero attached hydrogens (tertiary/aromatic N) is 5. The molecule has 4 aromatic rings. The number of halogens is 1. The molecule has 3 heterocycles. The van der Waals surface area contributed by atoms with Gasteiger partial charge in [0, 0.05) is 48.3 Å². The van der Waals surface area contributed by atoms with Gasteiger partial charge in [0.25, 0.3) is 0 Å². The van der Waals surface area contributed by atoms with Crippen LogP contribution in [0.3, 0.4) is 0 Å². The SMILES string of the molecule is N#Cc1ccc(NCCNc2nc(-c3ccccc3Cl)cc3nccn23)nc1. The molecule has 0 saturated heterocycles. The Kier molecular flexibility index (Phi) is 5.04. The lowest BCUT2D eigenvalue weighted by molar-refractivity contribution is 0.995. The van der Waals surface area contributed by atoms with Gasteiger partial charge in [0.05, 0.1) is 11.3 Å². The van der Waals surface area contributed by atoms with Crippen molar-refractivity contribution in [3.8, 4) is 17.3 Å². The fraction of sp³-hybridized carbons (Fsp3) is 0.100. The Morgan fingerprint density at radius 1 is 1.07 bits per heavy atom. The smallest absolute Gasteiger partial charge is 0.209 e. The number of pyridine rings is 1. The molecule has 0 aliphatic rings. The molecule has 0 bridgehead atoms. The molecule has 1 aromatic carbocycles. The number of nitrogens with one attached hydrogen (secondary N) is 2. The van der Waals surface area contributed by atoms with Gasteiger partial charge in [-0.25, -0.2) is 15.0 Å². The summed E-state index contributed by atoms with van der Waals surface area (Å²) in [5.74, 6) is 1.39. The van der Waals surface area contributed by atoms with Crippen LogP contribution in [0.2, 0.25) is 5.02 Å². The molecule has 0 radical (unpaired) electrons. The van der Waals surface area contributed by atoms with Crippen LogP contribution in [0.5, 0.6) is 0 Å². The van der Waals surface area contributed by atoms with E-state index in [2.05, 4.69) is 26.7 Å². The maximum Gasteiger partial charge on any atom is 0.209 e. The second-order valence-electron chi connectivity index (χ2n) is 6.00. The molecule has 0 amide bonds. The van der Waals surface area contributed by atoms with Gasteiger partial charge in [0.15, 0.2) is 0 Å². The van der Waals surface area contributed by atoms with Crippen LogP contribution in [0.4, 0.5) is 11.8 Å². The number of nitriles is 1. The largest absolute Gasteiger partial charge is 0.368 e. The average molecular weight is 390 g/mol. The Balaban J connectivity index is 1.49. The highest BCUT2D eigenvalue weighted by atomic mass is 35.5. The standard InChI is InChI=1S/C20H16ClN7/c21-16-4-2-1-3-15(16)17-11-19-24-9-10-28(19)20(27-17)25-8-7-23-18-6-5-14(12-22)13-26-18/h1-6,9-11,13H,7-8H2,(H,23,26)(H,25,27). The van der Waals surface area contributed by atoms with Crippen molar-refractivity contribution in [2.75, 3.05) is 23.7 Å². The van der Waals surface area contributed by atoms with Crippen molar-refractivity contribution in [2.24, 2.45) is 0 Å². The normalized spacial score (nSPS) is 10.6. The number of imidazole rings is 1. The van der Waals surface area contributed by atoms with E-state index in [1.54, 1.807) is 24.5 Å². The predicted octanol–water partition coefficient (Wildman–Crippen LogP) is 3.84. The lowest BCUT2D eigenvalue weighted by Gasteiger charge is -2.12. The van der Waals surface area contributed by atoms with Gasteiger partial charge in [-0.1, -0.05) is 29.8 Å². The van der Waals surface area contributed by atoms with Crippen molar-refractivity contribution >= 4 is 29.0 Å². The van der Waals surface area contributed by atoms with Gasteiger partial charge in [-0.2, -0.15) is 5.26 Å². The zero-order valence-corrected chi connectivity index (χ0v) is 15.6. The van der Waals surface area contributed by atoms with Gasteiger partial charge in [-0.15, -0.1) is 0 Å². The van der Waals surface area contributed by atoms with E-state index in [-0.39, 0.29) is 0 Å². The molecule has 0 aliphatic heterocycles. The first-order chi connectivity index (χ1) is 13.7. The lowest BCUT2D eigenvalue weighted by atomic mass is 10.1. The van der Waals surface area contributed by atoms with E-state index < -0.39 is 0 Å². The van der Waals surface area contributed by atoms with E-state index in [1.165, 1.54) is 0 Å². The van der Waals surface area contributed by atoms with Crippen LogP contribution in [0.1, 0.15) is 5.56 Å². The van der Waals surface area contributed by atoms with Crippen LogP contribution in [0, 0.1) is 11.3 Å². The van der Waals surface area contributed by atoms with Crippen LogP contribution in [0.25, 0.3) is 16.9 Å². The molecule has 4 rings (SSSR count). The van der Waals surface area contributed by atoms with E-state index in [9.17, 15) is 0 Å². The van der Waals surface area contributed by atoms with Gasteiger partial charge >= 0.3 is 0 Å². The number of aromatic nitrogens is 4. The number of hydrogen-bond acceptors (Lipinski definition) is 6. The van der Waals surface area contributed by atoms with Crippen molar-refractivity contribution in [1.82, 2.24) is 19.4 Å². The van der Waals surface area contributed by atoms with Crippen molar-refractivity contribution in [2.45, 2.75) is 0 Å². The summed E-state index contributed by atoms with van der Waals surface area (Å²) < 4.78 is 1.89. The number of rotatable bonds is 6. The quantitative estimate of drug-likeness (QED) is 0.487. The first kappa shape index (κ1) is 17.8.